The maximum atomic E-state index is 13.0. The maximum Gasteiger partial charge on any atom is 0.288 e. The Labute approximate surface area is 262 Å². The molecule has 2 atom stereocenters. The number of unbranched alkanes of at least 4 members (excludes halogenated alkanes) is 2. The second-order valence-electron chi connectivity index (χ2n) is 10.0. The third-order valence-corrected chi connectivity index (χ3v) is 8.38. The fourth-order valence-corrected chi connectivity index (χ4v) is 5.88. The van der Waals surface area contributed by atoms with Crippen LogP contribution in [0.3, 0.4) is 0 Å². The predicted molar refractivity (Wildman–Crippen MR) is 169 cm³/mol. The number of benzene rings is 1. The van der Waals surface area contributed by atoms with E-state index < -0.39 is 26.2 Å². The van der Waals surface area contributed by atoms with Gasteiger partial charge >= 0.3 is 0 Å². The van der Waals surface area contributed by atoms with E-state index in [1.54, 1.807) is 19.1 Å². The van der Waals surface area contributed by atoms with Gasteiger partial charge in [0.2, 0.25) is 12.3 Å². The highest BCUT2D eigenvalue weighted by molar-refractivity contribution is 7.47. The fraction of sp³-hybridized carbons (Fsp3) is 0.581. The first kappa shape index (κ1) is 37.2. The Hall–Kier alpha value is -3.02. The Morgan fingerprint density at radius 2 is 1.77 bits per heavy atom. The summed E-state index contributed by atoms with van der Waals surface area (Å²) in [6.07, 6.45) is 4.50. The van der Waals surface area contributed by atoms with Crippen LogP contribution < -0.4 is 20.7 Å². The van der Waals surface area contributed by atoms with Gasteiger partial charge < -0.3 is 34.2 Å². The molecule has 0 saturated carbocycles. The van der Waals surface area contributed by atoms with E-state index in [0.717, 1.165) is 30.4 Å². The van der Waals surface area contributed by atoms with Crippen LogP contribution in [0, 0.1) is 5.92 Å². The second kappa shape index (κ2) is 20.8. The van der Waals surface area contributed by atoms with Gasteiger partial charge in [-0.05, 0) is 69.5 Å². The van der Waals surface area contributed by atoms with Crippen LogP contribution in [0.1, 0.15) is 82.8 Å². The third-order valence-electron chi connectivity index (χ3n) is 6.81. The lowest BCUT2D eigenvalue weighted by Gasteiger charge is -2.29. The first-order valence-electron chi connectivity index (χ1n) is 15.4. The zero-order valence-electron chi connectivity index (χ0n) is 26.6. The summed E-state index contributed by atoms with van der Waals surface area (Å²) in [7, 11) is -1.01. The highest BCUT2D eigenvalue weighted by Gasteiger charge is 2.30. The van der Waals surface area contributed by atoms with Crippen LogP contribution in [0.25, 0.3) is 11.3 Å². The Morgan fingerprint density at radius 3 is 2.41 bits per heavy atom. The number of carbonyl (C=O) groups excluding carboxylic acids is 3. The SMILES string of the molecule is CCCCCC(C(=O)NCNC(=O)c1ccc(-c2cc(CNCP(OCC)OCC)cc(OCC)c2)o1)C(CC)N(O)C=O. The van der Waals surface area contributed by atoms with Crippen LogP contribution in [0.15, 0.2) is 34.7 Å². The zero-order valence-corrected chi connectivity index (χ0v) is 27.5. The molecular formula is C31H49N4O8P. The van der Waals surface area contributed by atoms with E-state index >= 15 is 0 Å². The number of nitrogens with one attached hydrogen (secondary N) is 3. The molecule has 44 heavy (non-hydrogen) atoms. The van der Waals surface area contributed by atoms with E-state index in [1.165, 1.54) is 0 Å². The van der Waals surface area contributed by atoms with Crippen molar-refractivity contribution < 1.29 is 37.8 Å². The lowest BCUT2D eigenvalue weighted by atomic mass is 9.90. The molecule has 2 rings (SSSR count). The number of carbonyl (C=O) groups is 3. The van der Waals surface area contributed by atoms with Gasteiger partial charge in [0, 0.05) is 12.1 Å². The van der Waals surface area contributed by atoms with E-state index in [2.05, 4.69) is 22.9 Å². The summed E-state index contributed by atoms with van der Waals surface area (Å²) in [4.78, 5) is 37.0. The molecule has 0 aliphatic carbocycles. The molecule has 3 amide bonds. The number of nitrogens with zero attached hydrogens (tertiary/aromatic N) is 1. The first-order valence-corrected chi connectivity index (χ1v) is 16.8. The number of hydrogen-bond donors (Lipinski definition) is 4. The summed E-state index contributed by atoms with van der Waals surface area (Å²) < 4.78 is 23.0. The minimum Gasteiger partial charge on any atom is -0.494 e. The van der Waals surface area contributed by atoms with Gasteiger partial charge in [0.15, 0.2) is 14.1 Å². The van der Waals surface area contributed by atoms with Gasteiger partial charge in [-0.25, -0.2) is 5.06 Å². The fourth-order valence-electron chi connectivity index (χ4n) is 4.75. The summed E-state index contributed by atoms with van der Waals surface area (Å²) in [5.74, 6) is -0.196. The summed E-state index contributed by atoms with van der Waals surface area (Å²) in [5, 5.41) is 19.3. The molecule has 13 heteroatoms. The van der Waals surface area contributed by atoms with E-state index in [9.17, 15) is 19.6 Å². The number of hydroxylamine groups is 2. The monoisotopic (exact) mass is 636 g/mol. The molecule has 2 unspecified atom stereocenters. The molecule has 1 aromatic carbocycles. The van der Waals surface area contributed by atoms with E-state index in [4.69, 9.17) is 18.2 Å². The summed E-state index contributed by atoms with van der Waals surface area (Å²) in [6, 6.07) is 8.40. The maximum absolute atomic E-state index is 13.0. The van der Waals surface area contributed by atoms with Gasteiger partial charge in [0.05, 0.1) is 44.7 Å². The van der Waals surface area contributed by atoms with Crippen LogP contribution in [-0.2, 0) is 25.2 Å². The highest BCUT2D eigenvalue weighted by atomic mass is 31.2. The second-order valence-corrected chi connectivity index (χ2v) is 11.5. The molecule has 2 aromatic rings. The van der Waals surface area contributed by atoms with Crippen molar-refractivity contribution in [3.8, 4) is 17.1 Å². The summed E-state index contributed by atoms with van der Waals surface area (Å²) >= 11 is 0. The molecule has 246 valence electrons. The van der Waals surface area contributed by atoms with Crippen LogP contribution in [-0.4, -0.2) is 67.3 Å². The predicted octanol–water partition coefficient (Wildman–Crippen LogP) is 5.40. The van der Waals surface area contributed by atoms with E-state index in [-0.39, 0.29) is 18.3 Å². The number of amides is 3. The molecule has 1 aromatic heterocycles. The zero-order chi connectivity index (χ0) is 32.3. The van der Waals surface area contributed by atoms with Gasteiger partial charge in [0.1, 0.15) is 11.5 Å². The summed E-state index contributed by atoms with van der Waals surface area (Å²) in [6.45, 7) is 11.7. The van der Waals surface area contributed by atoms with E-state index in [0.29, 0.717) is 68.5 Å². The molecular weight excluding hydrogens is 587 g/mol. The van der Waals surface area contributed by atoms with Gasteiger partial charge in [-0.2, -0.15) is 0 Å². The quantitative estimate of drug-likeness (QED) is 0.0314. The standard InChI is InChI=1S/C31H49N4O8P/c1-6-11-12-13-26(27(7-2)35(39)22-36)30(37)33-20-34-31(38)29-15-14-28(43-29)24-16-23(17-25(18-24)40-8-3)19-32-21-44(41-9-4)42-10-5/h14-18,22,26-27,32,39H,6-13,19-21H2,1-5H3,(H,33,37)(H,34,38). The van der Waals surface area contributed by atoms with Crippen LogP contribution >= 0.6 is 8.38 Å². The minimum atomic E-state index is -1.01. The Bertz CT molecular complexity index is 1140. The molecule has 0 bridgehead atoms. The molecule has 12 nitrogen and oxygen atoms in total. The lowest BCUT2D eigenvalue weighted by molar-refractivity contribution is -0.168. The minimum absolute atomic E-state index is 0.0863. The Morgan fingerprint density at radius 1 is 1.02 bits per heavy atom. The molecule has 0 aliphatic rings. The average Bonchev–Trinajstić information content (AvgIpc) is 3.51. The highest BCUT2D eigenvalue weighted by Crippen LogP contribution is 2.36. The Kier molecular flexibility index (Phi) is 17.6. The number of furan rings is 1. The number of hydrogen-bond acceptors (Lipinski definition) is 9. The Balaban J connectivity index is 2.05. The molecule has 4 N–H and O–H groups in total. The molecule has 0 spiro atoms. The van der Waals surface area contributed by atoms with Crippen molar-refractivity contribution in [2.75, 3.05) is 32.8 Å². The van der Waals surface area contributed by atoms with Crippen LogP contribution in [0.5, 0.6) is 5.75 Å². The van der Waals surface area contributed by atoms with Gasteiger partial charge in [0.25, 0.3) is 5.91 Å². The number of ether oxygens (including phenoxy) is 1. The van der Waals surface area contributed by atoms with Gasteiger partial charge in [-0.3, -0.25) is 19.6 Å². The average molecular weight is 637 g/mol. The lowest BCUT2D eigenvalue weighted by Crippen LogP contribution is -2.47. The van der Waals surface area contributed by atoms with Crippen molar-refractivity contribution in [1.82, 2.24) is 21.0 Å². The number of rotatable bonds is 23. The van der Waals surface area contributed by atoms with Crippen molar-refractivity contribution in [1.29, 1.82) is 0 Å². The van der Waals surface area contributed by atoms with Crippen LogP contribution in [0.2, 0.25) is 0 Å². The molecule has 0 saturated heterocycles. The smallest absolute Gasteiger partial charge is 0.288 e. The van der Waals surface area contributed by atoms with Crippen molar-refractivity contribution in [2.45, 2.75) is 79.3 Å². The normalized spacial score (nSPS) is 12.5. The first-order chi connectivity index (χ1) is 21.3. The van der Waals surface area contributed by atoms with Gasteiger partial charge in [-0.15, -0.1) is 0 Å². The van der Waals surface area contributed by atoms with Crippen molar-refractivity contribution in [2.24, 2.45) is 5.92 Å². The topological polar surface area (TPSA) is 152 Å². The largest absolute Gasteiger partial charge is 0.494 e. The van der Waals surface area contributed by atoms with Crippen molar-refractivity contribution in [3.63, 3.8) is 0 Å². The van der Waals surface area contributed by atoms with Crippen molar-refractivity contribution >= 4 is 26.6 Å². The van der Waals surface area contributed by atoms with Crippen molar-refractivity contribution in [3.05, 3.63) is 41.7 Å². The molecule has 0 radical (unpaired) electrons. The van der Waals surface area contributed by atoms with Gasteiger partial charge in [-0.1, -0.05) is 33.1 Å². The molecule has 0 fully saturated rings. The molecule has 1 heterocycles. The van der Waals surface area contributed by atoms with Crippen LogP contribution in [0.4, 0.5) is 0 Å². The summed E-state index contributed by atoms with van der Waals surface area (Å²) in [5.41, 5.74) is 1.72. The third kappa shape index (κ3) is 12.2. The van der Waals surface area contributed by atoms with E-state index in [1.807, 2.05) is 39.0 Å². The molecule has 0 aliphatic heterocycles.